The Balaban J connectivity index is 2.23. The van der Waals surface area contributed by atoms with E-state index < -0.39 is 0 Å². The molecule has 102 valence electrons. The van der Waals surface area contributed by atoms with Crippen molar-refractivity contribution in [3.63, 3.8) is 0 Å². The van der Waals surface area contributed by atoms with Crippen molar-refractivity contribution in [3.05, 3.63) is 35.0 Å². The van der Waals surface area contributed by atoms with Crippen molar-refractivity contribution in [2.45, 2.75) is 12.8 Å². The molecule has 0 saturated heterocycles. The van der Waals surface area contributed by atoms with E-state index in [1.807, 2.05) is 18.2 Å². The van der Waals surface area contributed by atoms with E-state index >= 15 is 0 Å². The van der Waals surface area contributed by atoms with E-state index in [0.717, 1.165) is 41.6 Å². The number of pyridine rings is 1. The van der Waals surface area contributed by atoms with Crippen LogP contribution in [-0.2, 0) is 6.42 Å². The van der Waals surface area contributed by atoms with E-state index in [1.165, 1.54) is 0 Å². The van der Waals surface area contributed by atoms with Gasteiger partial charge in [0.2, 0.25) is 0 Å². The molecule has 0 aliphatic heterocycles. The summed E-state index contributed by atoms with van der Waals surface area (Å²) < 4.78 is 5.20. The molecule has 0 unspecified atom stereocenters. The van der Waals surface area contributed by atoms with Crippen molar-refractivity contribution in [2.24, 2.45) is 0 Å². The summed E-state index contributed by atoms with van der Waals surface area (Å²) in [6.45, 7) is 1.05. The summed E-state index contributed by atoms with van der Waals surface area (Å²) in [5, 5.41) is 1.70. The average Bonchev–Trinajstić information content (AvgIpc) is 2.38. The van der Waals surface area contributed by atoms with Gasteiger partial charge in [-0.25, -0.2) is 4.98 Å². The van der Waals surface area contributed by atoms with Gasteiger partial charge in [-0.15, -0.1) is 0 Å². The second-order valence-corrected chi connectivity index (χ2v) is 5.26. The Morgan fingerprint density at radius 1 is 1.26 bits per heavy atom. The number of benzene rings is 1. The minimum Gasteiger partial charge on any atom is -0.497 e. The Hall–Kier alpha value is -1.32. The van der Waals surface area contributed by atoms with E-state index in [1.54, 1.807) is 7.11 Å². The first-order valence-corrected chi connectivity index (χ1v) is 6.76. The molecular formula is C15H19ClN2O. The van der Waals surface area contributed by atoms with Gasteiger partial charge in [0.15, 0.2) is 0 Å². The Labute approximate surface area is 119 Å². The van der Waals surface area contributed by atoms with Crippen molar-refractivity contribution in [3.8, 4) is 5.75 Å². The number of hydrogen-bond acceptors (Lipinski definition) is 3. The van der Waals surface area contributed by atoms with Gasteiger partial charge in [0.1, 0.15) is 10.9 Å². The Bertz CT molecular complexity index is 569. The highest BCUT2D eigenvalue weighted by atomic mass is 35.5. The van der Waals surface area contributed by atoms with Crippen molar-refractivity contribution in [1.29, 1.82) is 0 Å². The number of fused-ring (bicyclic) bond motifs is 1. The van der Waals surface area contributed by atoms with Crippen molar-refractivity contribution in [2.75, 3.05) is 27.7 Å². The molecule has 3 nitrogen and oxygen atoms in total. The van der Waals surface area contributed by atoms with Crippen LogP contribution in [0.1, 0.15) is 12.0 Å². The first-order chi connectivity index (χ1) is 9.10. The van der Waals surface area contributed by atoms with E-state index in [4.69, 9.17) is 16.3 Å². The second-order valence-electron chi connectivity index (χ2n) is 4.90. The predicted octanol–water partition coefficient (Wildman–Crippen LogP) is 3.39. The Morgan fingerprint density at radius 2 is 2.05 bits per heavy atom. The minimum absolute atomic E-state index is 0.597. The summed E-state index contributed by atoms with van der Waals surface area (Å²) in [6, 6.07) is 8.00. The van der Waals surface area contributed by atoms with Crippen molar-refractivity contribution < 1.29 is 4.74 Å². The molecule has 2 rings (SSSR count). The Morgan fingerprint density at radius 3 is 2.74 bits per heavy atom. The van der Waals surface area contributed by atoms with Gasteiger partial charge in [0.05, 0.1) is 12.6 Å². The van der Waals surface area contributed by atoms with Crippen molar-refractivity contribution in [1.82, 2.24) is 9.88 Å². The number of halogens is 1. The van der Waals surface area contributed by atoms with Crippen LogP contribution in [0.15, 0.2) is 24.3 Å². The molecule has 0 N–H and O–H groups in total. The molecule has 0 fully saturated rings. The molecule has 1 aromatic heterocycles. The first-order valence-electron chi connectivity index (χ1n) is 6.38. The number of methoxy groups -OCH3 is 1. The fraction of sp³-hybridized carbons (Fsp3) is 0.400. The standard InChI is InChI=1S/C15H19ClN2O/c1-18(2)8-4-5-12-9-11-6-7-13(19-3)10-14(11)17-15(12)16/h6-7,9-10H,4-5,8H2,1-3H3. The quantitative estimate of drug-likeness (QED) is 0.784. The van der Waals surface area contributed by atoms with Crippen molar-refractivity contribution >= 4 is 22.5 Å². The molecule has 4 heteroatoms. The molecule has 19 heavy (non-hydrogen) atoms. The third kappa shape index (κ3) is 3.58. The lowest BCUT2D eigenvalue weighted by molar-refractivity contribution is 0.400. The number of aryl methyl sites for hydroxylation is 1. The lowest BCUT2D eigenvalue weighted by Gasteiger charge is -2.10. The van der Waals surface area contributed by atoms with Gasteiger partial charge >= 0.3 is 0 Å². The highest BCUT2D eigenvalue weighted by molar-refractivity contribution is 6.30. The van der Waals surface area contributed by atoms with E-state index in [2.05, 4.69) is 30.0 Å². The smallest absolute Gasteiger partial charge is 0.132 e. The van der Waals surface area contributed by atoms with Gasteiger partial charge in [0.25, 0.3) is 0 Å². The second kappa shape index (κ2) is 6.22. The summed E-state index contributed by atoms with van der Waals surface area (Å²) in [5.74, 6) is 0.802. The largest absolute Gasteiger partial charge is 0.497 e. The SMILES string of the molecule is COc1ccc2cc(CCCN(C)C)c(Cl)nc2c1. The summed E-state index contributed by atoms with van der Waals surface area (Å²) in [4.78, 5) is 6.63. The zero-order valence-corrected chi connectivity index (χ0v) is 12.4. The van der Waals surface area contributed by atoms with E-state index in [-0.39, 0.29) is 0 Å². The van der Waals surface area contributed by atoms with Crippen LogP contribution in [0.5, 0.6) is 5.75 Å². The maximum atomic E-state index is 6.25. The predicted molar refractivity (Wildman–Crippen MR) is 80.2 cm³/mol. The fourth-order valence-electron chi connectivity index (χ4n) is 2.06. The normalized spacial score (nSPS) is 11.2. The van der Waals surface area contributed by atoms with Gasteiger partial charge in [-0.2, -0.15) is 0 Å². The lowest BCUT2D eigenvalue weighted by Crippen LogP contribution is -2.13. The number of aromatic nitrogens is 1. The van der Waals surface area contributed by atoms with E-state index in [0.29, 0.717) is 5.15 Å². The maximum absolute atomic E-state index is 6.25. The molecule has 0 saturated carbocycles. The van der Waals surface area contributed by atoms with Gasteiger partial charge in [-0.05, 0) is 57.2 Å². The lowest BCUT2D eigenvalue weighted by atomic mass is 10.1. The third-order valence-electron chi connectivity index (χ3n) is 3.10. The average molecular weight is 279 g/mol. The maximum Gasteiger partial charge on any atom is 0.132 e. The number of rotatable bonds is 5. The zero-order valence-electron chi connectivity index (χ0n) is 11.6. The highest BCUT2D eigenvalue weighted by Gasteiger charge is 2.06. The molecule has 0 radical (unpaired) electrons. The molecule has 0 atom stereocenters. The molecule has 0 aliphatic carbocycles. The van der Waals surface area contributed by atoms with Crippen LogP contribution >= 0.6 is 11.6 Å². The van der Waals surface area contributed by atoms with Crippen LogP contribution in [0, 0.1) is 0 Å². The number of ether oxygens (including phenoxy) is 1. The van der Waals surface area contributed by atoms with Gasteiger partial charge in [-0.1, -0.05) is 11.6 Å². The van der Waals surface area contributed by atoms with Crippen LogP contribution in [-0.4, -0.2) is 37.6 Å². The van der Waals surface area contributed by atoms with Crippen LogP contribution in [0.25, 0.3) is 10.9 Å². The zero-order chi connectivity index (χ0) is 13.8. The summed E-state index contributed by atoms with van der Waals surface area (Å²) >= 11 is 6.25. The van der Waals surface area contributed by atoms with Crippen LogP contribution in [0.3, 0.4) is 0 Å². The molecule has 0 aliphatic rings. The third-order valence-corrected chi connectivity index (χ3v) is 3.43. The van der Waals surface area contributed by atoms with E-state index in [9.17, 15) is 0 Å². The molecule has 0 bridgehead atoms. The molecule has 1 aromatic carbocycles. The molecule has 1 heterocycles. The molecular weight excluding hydrogens is 260 g/mol. The summed E-state index contributed by atoms with van der Waals surface area (Å²) in [7, 11) is 5.80. The monoisotopic (exact) mass is 278 g/mol. The molecule has 2 aromatic rings. The highest BCUT2D eigenvalue weighted by Crippen LogP contribution is 2.24. The Kier molecular flexibility index (Phi) is 4.61. The van der Waals surface area contributed by atoms with Crippen LogP contribution < -0.4 is 4.74 Å². The topological polar surface area (TPSA) is 25.4 Å². The van der Waals surface area contributed by atoms with Crippen LogP contribution in [0.2, 0.25) is 5.15 Å². The fourth-order valence-corrected chi connectivity index (χ4v) is 2.30. The van der Waals surface area contributed by atoms with Gasteiger partial charge in [-0.3, -0.25) is 0 Å². The minimum atomic E-state index is 0.597. The molecule has 0 amide bonds. The molecule has 0 spiro atoms. The van der Waals surface area contributed by atoms with Gasteiger partial charge in [0, 0.05) is 11.5 Å². The summed E-state index contributed by atoms with van der Waals surface area (Å²) in [5.41, 5.74) is 1.99. The number of nitrogens with zero attached hydrogens (tertiary/aromatic N) is 2. The van der Waals surface area contributed by atoms with Gasteiger partial charge < -0.3 is 9.64 Å². The summed E-state index contributed by atoms with van der Waals surface area (Å²) in [6.07, 6.45) is 2.03. The first kappa shape index (κ1) is 14.1. The van der Waals surface area contributed by atoms with Crippen LogP contribution in [0.4, 0.5) is 0 Å². The number of hydrogen-bond donors (Lipinski definition) is 0.